The van der Waals surface area contributed by atoms with Crippen molar-refractivity contribution in [2.75, 3.05) is 13.7 Å². The Hall–Kier alpha value is -0.0800. The molecule has 114 valence electrons. The van der Waals surface area contributed by atoms with Crippen molar-refractivity contribution in [2.24, 2.45) is 28.1 Å². The Morgan fingerprint density at radius 3 is 2.45 bits per heavy atom. The SMILES string of the molecule is COCC1(O)C2(CCCC2)C2CC3CCCC2(C)C31C. The Labute approximate surface area is 123 Å². The van der Waals surface area contributed by atoms with Gasteiger partial charge in [0.05, 0.1) is 12.2 Å². The second kappa shape index (κ2) is 3.81. The molecule has 0 heterocycles. The van der Waals surface area contributed by atoms with Crippen molar-refractivity contribution in [2.45, 2.75) is 70.8 Å². The molecule has 1 spiro atoms. The first-order valence-corrected chi connectivity index (χ1v) is 8.68. The Morgan fingerprint density at radius 2 is 1.80 bits per heavy atom. The van der Waals surface area contributed by atoms with Gasteiger partial charge in [0.1, 0.15) is 0 Å². The molecule has 0 aliphatic heterocycles. The average Bonchev–Trinajstić information content (AvgIpc) is 2.94. The number of methoxy groups -OCH3 is 1. The van der Waals surface area contributed by atoms with Gasteiger partial charge in [-0.1, -0.05) is 33.1 Å². The molecule has 0 amide bonds. The Kier molecular flexibility index (Phi) is 2.59. The number of rotatable bonds is 2. The van der Waals surface area contributed by atoms with Crippen molar-refractivity contribution in [3.8, 4) is 0 Å². The molecule has 0 radical (unpaired) electrons. The molecule has 4 saturated carbocycles. The lowest BCUT2D eigenvalue weighted by Gasteiger charge is -2.57. The van der Waals surface area contributed by atoms with E-state index in [2.05, 4.69) is 13.8 Å². The summed E-state index contributed by atoms with van der Waals surface area (Å²) in [7, 11) is 1.77. The fourth-order valence-corrected chi connectivity index (χ4v) is 7.89. The molecular weight excluding hydrogens is 248 g/mol. The molecule has 4 aliphatic rings. The second-order valence-electron chi connectivity index (χ2n) is 8.65. The molecule has 0 aromatic rings. The lowest BCUT2D eigenvalue weighted by molar-refractivity contribution is -0.214. The standard InChI is InChI=1S/C18H30O2/c1-15-8-6-7-13-11-14(15)17(9-4-5-10-17)18(19,12-20-3)16(13,15)2/h13-14,19H,4-12H2,1-3H3. The van der Waals surface area contributed by atoms with Gasteiger partial charge in [0.15, 0.2) is 0 Å². The summed E-state index contributed by atoms with van der Waals surface area (Å²) in [5, 5.41) is 11.9. The van der Waals surface area contributed by atoms with Crippen molar-refractivity contribution >= 4 is 0 Å². The minimum absolute atomic E-state index is 0.0727. The van der Waals surface area contributed by atoms with Crippen molar-refractivity contribution < 1.29 is 9.84 Å². The van der Waals surface area contributed by atoms with Crippen molar-refractivity contribution in [3.05, 3.63) is 0 Å². The third-order valence-corrected chi connectivity index (χ3v) is 8.74. The molecule has 4 rings (SSSR count). The molecule has 0 saturated heterocycles. The van der Waals surface area contributed by atoms with Crippen LogP contribution in [0, 0.1) is 28.1 Å². The number of hydrogen-bond acceptors (Lipinski definition) is 2. The predicted octanol–water partition coefficient (Wildman–Crippen LogP) is 3.77. The molecule has 4 fully saturated rings. The highest BCUT2D eigenvalue weighted by Gasteiger charge is 2.83. The van der Waals surface area contributed by atoms with Crippen molar-refractivity contribution in [3.63, 3.8) is 0 Å². The Bertz CT molecular complexity index is 427. The third kappa shape index (κ3) is 1.08. The van der Waals surface area contributed by atoms with Crippen molar-refractivity contribution in [1.82, 2.24) is 0 Å². The summed E-state index contributed by atoms with van der Waals surface area (Å²) in [5.74, 6) is 1.45. The fraction of sp³-hybridized carbons (Fsp3) is 1.00. The quantitative estimate of drug-likeness (QED) is 0.833. The second-order valence-corrected chi connectivity index (χ2v) is 8.65. The molecule has 2 heteroatoms. The van der Waals surface area contributed by atoms with Gasteiger partial charge in [0.2, 0.25) is 0 Å². The molecule has 2 nitrogen and oxygen atoms in total. The highest BCUT2D eigenvalue weighted by atomic mass is 16.5. The zero-order chi connectivity index (χ0) is 14.2. The smallest absolute Gasteiger partial charge is 0.0999 e. The van der Waals surface area contributed by atoms with Gasteiger partial charge in [-0.15, -0.1) is 0 Å². The number of hydrogen-bond donors (Lipinski definition) is 1. The largest absolute Gasteiger partial charge is 0.386 e. The highest BCUT2D eigenvalue weighted by molar-refractivity contribution is 5.31. The van der Waals surface area contributed by atoms with Crippen LogP contribution in [-0.4, -0.2) is 24.4 Å². The van der Waals surface area contributed by atoms with Gasteiger partial charge in [0, 0.05) is 17.9 Å². The van der Waals surface area contributed by atoms with E-state index < -0.39 is 5.60 Å². The maximum Gasteiger partial charge on any atom is 0.0999 e. The van der Waals surface area contributed by atoms with E-state index in [4.69, 9.17) is 4.74 Å². The van der Waals surface area contributed by atoms with Crippen LogP contribution in [0.15, 0.2) is 0 Å². The summed E-state index contributed by atoms with van der Waals surface area (Å²) in [6.07, 6.45) is 10.5. The maximum atomic E-state index is 11.9. The molecule has 20 heavy (non-hydrogen) atoms. The summed E-state index contributed by atoms with van der Waals surface area (Å²) in [6.45, 7) is 5.47. The normalized spacial score (nSPS) is 55.8. The van der Waals surface area contributed by atoms with E-state index in [1.807, 2.05) is 0 Å². The van der Waals surface area contributed by atoms with Gasteiger partial charge in [0.25, 0.3) is 0 Å². The highest BCUT2D eigenvalue weighted by Crippen LogP contribution is 2.84. The molecule has 1 N–H and O–H groups in total. The van der Waals surface area contributed by atoms with Gasteiger partial charge < -0.3 is 9.84 Å². The molecule has 5 atom stereocenters. The lowest BCUT2D eigenvalue weighted by Crippen LogP contribution is -2.62. The molecule has 4 aliphatic carbocycles. The topological polar surface area (TPSA) is 29.5 Å². The zero-order valence-electron chi connectivity index (χ0n) is 13.4. The van der Waals surface area contributed by atoms with Crippen LogP contribution in [0.25, 0.3) is 0 Å². The van der Waals surface area contributed by atoms with Crippen LogP contribution in [0.3, 0.4) is 0 Å². The van der Waals surface area contributed by atoms with Gasteiger partial charge in [-0.05, 0) is 49.4 Å². The van der Waals surface area contributed by atoms with Crippen LogP contribution in [-0.2, 0) is 4.74 Å². The Morgan fingerprint density at radius 1 is 1.10 bits per heavy atom. The van der Waals surface area contributed by atoms with Gasteiger partial charge in [-0.2, -0.15) is 0 Å². The first-order valence-electron chi connectivity index (χ1n) is 8.68. The van der Waals surface area contributed by atoms with Gasteiger partial charge >= 0.3 is 0 Å². The molecule has 0 aromatic heterocycles. The minimum atomic E-state index is -0.589. The van der Waals surface area contributed by atoms with E-state index in [0.717, 1.165) is 11.8 Å². The van der Waals surface area contributed by atoms with Crippen LogP contribution in [0.2, 0.25) is 0 Å². The Balaban J connectivity index is 1.92. The molecule has 5 unspecified atom stereocenters. The summed E-state index contributed by atoms with van der Waals surface area (Å²) in [5.41, 5.74) is -0.0157. The van der Waals surface area contributed by atoms with Gasteiger partial charge in [-0.3, -0.25) is 0 Å². The monoisotopic (exact) mass is 278 g/mol. The first kappa shape index (κ1) is 13.6. The zero-order valence-corrected chi connectivity index (χ0v) is 13.4. The van der Waals surface area contributed by atoms with Crippen LogP contribution < -0.4 is 0 Å². The minimum Gasteiger partial charge on any atom is -0.386 e. The van der Waals surface area contributed by atoms with Gasteiger partial charge in [-0.25, -0.2) is 0 Å². The van der Waals surface area contributed by atoms with Crippen molar-refractivity contribution in [1.29, 1.82) is 0 Å². The van der Waals surface area contributed by atoms with Crippen LogP contribution >= 0.6 is 0 Å². The molecule has 0 aromatic carbocycles. The first-order chi connectivity index (χ1) is 9.46. The number of ether oxygens (including phenoxy) is 1. The van der Waals surface area contributed by atoms with E-state index in [-0.39, 0.29) is 10.8 Å². The van der Waals surface area contributed by atoms with Crippen LogP contribution in [0.1, 0.15) is 65.2 Å². The molecule has 4 bridgehead atoms. The van der Waals surface area contributed by atoms with E-state index in [1.54, 1.807) is 7.11 Å². The summed E-state index contributed by atoms with van der Waals surface area (Å²) in [6, 6.07) is 0. The van der Waals surface area contributed by atoms with E-state index in [0.29, 0.717) is 12.0 Å². The summed E-state index contributed by atoms with van der Waals surface area (Å²) in [4.78, 5) is 0. The summed E-state index contributed by atoms with van der Waals surface area (Å²) >= 11 is 0. The average molecular weight is 278 g/mol. The van der Waals surface area contributed by atoms with Crippen LogP contribution in [0.5, 0.6) is 0 Å². The fourth-order valence-electron chi connectivity index (χ4n) is 7.89. The summed E-state index contributed by atoms with van der Waals surface area (Å²) < 4.78 is 5.59. The van der Waals surface area contributed by atoms with E-state index >= 15 is 0 Å². The van der Waals surface area contributed by atoms with Crippen LogP contribution in [0.4, 0.5) is 0 Å². The molecular formula is C18H30O2. The number of aliphatic hydroxyl groups is 1. The van der Waals surface area contributed by atoms with E-state index in [9.17, 15) is 5.11 Å². The third-order valence-electron chi connectivity index (χ3n) is 8.74. The predicted molar refractivity (Wildman–Crippen MR) is 79.4 cm³/mol. The number of fused-ring (bicyclic) bond motifs is 1. The maximum absolute atomic E-state index is 11.9. The lowest BCUT2D eigenvalue weighted by atomic mass is 9.51. The van der Waals surface area contributed by atoms with E-state index in [1.165, 1.54) is 51.4 Å².